The summed E-state index contributed by atoms with van der Waals surface area (Å²) < 4.78 is 5.11. The van der Waals surface area contributed by atoms with E-state index in [-0.39, 0.29) is 0 Å². The SMILES string of the molecule is COCc1nc(Cc2ccccc2)sc1CC#N. The second-order valence-corrected chi connectivity index (χ2v) is 5.08. The standard InChI is InChI=1S/C14H14N2OS/c1-17-10-12-13(7-8-15)18-14(16-12)9-11-5-3-2-4-6-11/h2-6H,7,9-10H2,1H3. The molecular weight excluding hydrogens is 244 g/mol. The molecule has 0 N–H and O–H groups in total. The Morgan fingerprint density at radius 2 is 2.11 bits per heavy atom. The van der Waals surface area contributed by atoms with E-state index in [1.165, 1.54) is 5.56 Å². The minimum absolute atomic E-state index is 0.408. The number of thiazole rings is 1. The van der Waals surface area contributed by atoms with E-state index >= 15 is 0 Å². The summed E-state index contributed by atoms with van der Waals surface area (Å²) >= 11 is 1.61. The highest BCUT2D eigenvalue weighted by molar-refractivity contribution is 7.11. The molecule has 0 amide bonds. The number of hydrogen-bond donors (Lipinski definition) is 0. The van der Waals surface area contributed by atoms with Crippen LogP contribution in [-0.2, 0) is 24.2 Å². The number of benzene rings is 1. The lowest BCUT2D eigenvalue weighted by molar-refractivity contribution is 0.181. The molecule has 0 radical (unpaired) electrons. The first-order valence-corrected chi connectivity index (χ1v) is 6.52. The lowest BCUT2D eigenvalue weighted by Crippen LogP contribution is -1.93. The molecule has 18 heavy (non-hydrogen) atoms. The molecule has 0 aliphatic rings. The van der Waals surface area contributed by atoms with Crippen molar-refractivity contribution in [2.75, 3.05) is 7.11 Å². The summed E-state index contributed by atoms with van der Waals surface area (Å²) in [5.74, 6) is 0. The Morgan fingerprint density at radius 3 is 2.78 bits per heavy atom. The first-order valence-electron chi connectivity index (χ1n) is 5.70. The predicted octanol–water partition coefficient (Wildman–Crippen LogP) is 2.95. The van der Waals surface area contributed by atoms with Crippen molar-refractivity contribution in [3.05, 3.63) is 51.5 Å². The van der Waals surface area contributed by atoms with Crippen molar-refractivity contribution in [3.8, 4) is 6.07 Å². The van der Waals surface area contributed by atoms with E-state index in [0.29, 0.717) is 13.0 Å². The van der Waals surface area contributed by atoms with E-state index in [9.17, 15) is 0 Å². The molecule has 0 bridgehead atoms. The maximum absolute atomic E-state index is 8.80. The Hall–Kier alpha value is -1.70. The van der Waals surface area contributed by atoms with Crippen LogP contribution < -0.4 is 0 Å². The van der Waals surface area contributed by atoms with Gasteiger partial charge in [-0.25, -0.2) is 4.98 Å². The Labute approximate surface area is 111 Å². The highest BCUT2D eigenvalue weighted by Gasteiger charge is 2.11. The fourth-order valence-corrected chi connectivity index (χ4v) is 2.78. The average Bonchev–Trinajstić information content (AvgIpc) is 2.74. The van der Waals surface area contributed by atoms with Gasteiger partial charge in [0.2, 0.25) is 0 Å². The second-order valence-electron chi connectivity index (χ2n) is 3.91. The van der Waals surface area contributed by atoms with Gasteiger partial charge in [-0.2, -0.15) is 5.26 Å². The summed E-state index contributed by atoms with van der Waals surface area (Å²) in [5.41, 5.74) is 2.13. The van der Waals surface area contributed by atoms with E-state index in [1.54, 1.807) is 18.4 Å². The van der Waals surface area contributed by atoms with Crippen LogP contribution in [0.1, 0.15) is 21.1 Å². The van der Waals surface area contributed by atoms with Gasteiger partial charge in [-0.15, -0.1) is 11.3 Å². The van der Waals surface area contributed by atoms with Crippen LogP contribution >= 0.6 is 11.3 Å². The average molecular weight is 258 g/mol. The quantitative estimate of drug-likeness (QED) is 0.828. The maximum Gasteiger partial charge on any atom is 0.0976 e. The van der Waals surface area contributed by atoms with Crippen molar-refractivity contribution < 1.29 is 4.74 Å². The molecular formula is C14H14N2OS. The van der Waals surface area contributed by atoms with Gasteiger partial charge in [-0.3, -0.25) is 0 Å². The summed E-state index contributed by atoms with van der Waals surface area (Å²) in [6, 6.07) is 12.4. The van der Waals surface area contributed by atoms with Crippen LogP contribution in [0.3, 0.4) is 0 Å². The van der Waals surface area contributed by atoms with Crippen molar-refractivity contribution in [2.45, 2.75) is 19.4 Å². The van der Waals surface area contributed by atoms with Crippen molar-refractivity contribution in [1.29, 1.82) is 5.26 Å². The number of hydrogen-bond acceptors (Lipinski definition) is 4. The number of nitriles is 1. The second kappa shape index (κ2) is 6.29. The van der Waals surface area contributed by atoms with Gasteiger partial charge in [0.15, 0.2) is 0 Å². The molecule has 2 aromatic rings. The highest BCUT2D eigenvalue weighted by atomic mass is 32.1. The minimum Gasteiger partial charge on any atom is -0.378 e. The smallest absolute Gasteiger partial charge is 0.0976 e. The van der Waals surface area contributed by atoms with Crippen LogP contribution in [0.5, 0.6) is 0 Å². The summed E-state index contributed by atoms with van der Waals surface area (Å²) in [7, 11) is 1.65. The van der Waals surface area contributed by atoms with Gasteiger partial charge in [0.25, 0.3) is 0 Å². The van der Waals surface area contributed by atoms with E-state index < -0.39 is 0 Å². The van der Waals surface area contributed by atoms with E-state index in [2.05, 4.69) is 23.2 Å². The molecule has 92 valence electrons. The highest BCUT2D eigenvalue weighted by Crippen LogP contribution is 2.22. The van der Waals surface area contributed by atoms with Crippen LogP contribution in [0.25, 0.3) is 0 Å². The third-order valence-corrected chi connectivity index (χ3v) is 3.64. The fraction of sp³-hybridized carbons (Fsp3) is 0.286. The van der Waals surface area contributed by atoms with E-state index in [1.807, 2.05) is 18.2 Å². The van der Waals surface area contributed by atoms with Gasteiger partial charge < -0.3 is 4.74 Å². The number of methoxy groups -OCH3 is 1. The Morgan fingerprint density at radius 1 is 1.33 bits per heavy atom. The van der Waals surface area contributed by atoms with Gasteiger partial charge in [-0.05, 0) is 5.56 Å². The number of nitrogens with zero attached hydrogens (tertiary/aromatic N) is 2. The first kappa shape index (κ1) is 12.7. The van der Waals surface area contributed by atoms with E-state index in [0.717, 1.165) is 22.0 Å². The monoisotopic (exact) mass is 258 g/mol. The third kappa shape index (κ3) is 3.16. The lowest BCUT2D eigenvalue weighted by atomic mass is 10.2. The molecule has 0 saturated carbocycles. The number of aromatic nitrogens is 1. The fourth-order valence-electron chi connectivity index (χ4n) is 1.74. The first-order chi connectivity index (χ1) is 8.83. The molecule has 0 unspecified atom stereocenters. The van der Waals surface area contributed by atoms with Gasteiger partial charge in [0.1, 0.15) is 0 Å². The molecule has 1 aromatic carbocycles. The minimum atomic E-state index is 0.408. The predicted molar refractivity (Wildman–Crippen MR) is 71.4 cm³/mol. The van der Waals surface area contributed by atoms with Gasteiger partial charge in [0, 0.05) is 18.4 Å². The topological polar surface area (TPSA) is 45.9 Å². The number of rotatable bonds is 5. The molecule has 1 heterocycles. The Balaban J connectivity index is 2.19. The molecule has 0 fully saturated rings. The molecule has 0 aliphatic heterocycles. The zero-order valence-electron chi connectivity index (χ0n) is 10.2. The summed E-state index contributed by atoms with van der Waals surface area (Å²) in [6.45, 7) is 0.475. The van der Waals surface area contributed by atoms with E-state index in [4.69, 9.17) is 10.00 Å². The maximum atomic E-state index is 8.80. The normalized spacial score (nSPS) is 10.2. The van der Waals surface area contributed by atoms with Crippen LogP contribution in [0.4, 0.5) is 0 Å². The van der Waals surface area contributed by atoms with Gasteiger partial charge in [0.05, 0.1) is 29.8 Å². The summed E-state index contributed by atoms with van der Waals surface area (Å²) in [6.07, 6.45) is 1.22. The lowest BCUT2D eigenvalue weighted by Gasteiger charge is -1.96. The van der Waals surface area contributed by atoms with Gasteiger partial charge in [-0.1, -0.05) is 30.3 Å². The summed E-state index contributed by atoms with van der Waals surface area (Å²) in [5, 5.41) is 9.84. The van der Waals surface area contributed by atoms with Crippen LogP contribution in [0, 0.1) is 11.3 Å². The van der Waals surface area contributed by atoms with Crippen LogP contribution in [0.15, 0.2) is 30.3 Å². The zero-order chi connectivity index (χ0) is 12.8. The van der Waals surface area contributed by atoms with Crippen molar-refractivity contribution >= 4 is 11.3 Å². The van der Waals surface area contributed by atoms with Crippen molar-refractivity contribution in [3.63, 3.8) is 0 Å². The van der Waals surface area contributed by atoms with Crippen molar-refractivity contribution in [2.24, 2.45) is 0 Å². The number of ether oxygens (including phenoxy) is 1. The third-order valence-electron chi connectivity index (χ3n) is 2.54. The molecule has 1 aromatic heterocycles. The largest absolute Gasteiger partial charge is 0.378 e. The molecule has 4 heteroatoms. The summed E-state index contributed by atoms with van der Waals surface area (Å²) in [4.78, 5) is 5.58. The zero-order valence-corrected chi connectivity index (χ0v) is 11.0. The molecule has 0 aliphatic carbocycles. The van der Waals surface area contributed by atoms with Gasteiger partial charge >= 0.3 is 0 Å². The van der Waals surface area contributed by atoms with Crippen molar-refractivity contribution in [1.82, 2.24) is 4.98 Å². The van der Waals surface area contributed by atoms with Crippen LogP contribution in [-0.4, -0.2) is 12.1 Å². The molecule has 2 rings (SSSR count). The Kier molecular flexibility index (Phi) is 4.46. The Bertz CT molecular complexity index is 543. The van der Waals surface area contributed by atoms with Crippen LogP contribution in [0.2, 0.25) is 0 Å². The molecule has 3 nitrogen and oxygen atoms in total. The molecule has 0 saturated heterocycles. The molecule has 0 atom stereocenters. The molecule has 0 spiro atoms.